The summed E-state index contributed by atoms with van der Waals surface area (Å²) in [6, 6.07) is 0. The maximum Gasteiger partial charge on any atom is 0.410 e. The summed E-state index contributed by atoms with van der Waals surface area (Å²) in [5.41, 5.74) is 0. The quantitative estimate of drug-likeness (QED) is 0.0229. The lowest BCUT2D eigenvalue weighted by molar-refractivity contribution is -0.141. The Balaban J connectivity index is 0.000000880. The third-order valence-electron chi connectivity index (χ3n) is 25.1. The fourth-order valence-electron chi connectivity index (χ4n) is 16.8. The lowest BCUT2D eigenvalue weighted by Crippen LogP contribution is -2.55. The van der Waals surface area contributed by atoms with E-state index in [2.05, 4.69) is 53.1 Å². The van der Waals surface area contributed by atoms with E-state index in [-0.39, 0.29) is 201 Å². The average molecular weight is 2310 g/mol. The van der Waals surface area contributed by atoms with Crippen LogP contribution in [0.4, 0.5) is 14.4 Å². The third-order valence-corrected chi connectivity index (χ3v) is 26.0. The second kappa shape index (κ2) is 84.8. The highest BCUT2D eigenvalue weighted by Crippen LogP contribution is 2.18. The Kier molecular flexibility index (Phi) is 79.6. The highest BCUT2D eigenvalue weighted by Gasteiger charge is 2.36. The zero-order chi connectivity index (χ0) is 104. The van der Waals surface area contributed by atoms with Gasteiger partial charge in [-0.25, -0.2) is 14.4 Å². The van der Waals surface area contributed by atoms with Crippen molar-refractivity contribution < 1.29 is 105 Å². The monoisotopic (exact) mass is 2310 g/mol. The normalized spacial score (nSPS) is 17.3. The SMILES string of the molecule is Br.Br.C1CCNCC1.CB(O)N(CC(=O)N1CCCCC1)CC(=O)N1CCCCC1.CC.CC.CC.CCOCCOC(=O)N(CC(=O)N1CCCCC1)CC(=O)N1CCCCC1.CCOCCOC(=O)N(CC(=O)N1CCN(C(=O)CBr)CC1)CC(=O)N1CCN(C(=O)CBr)CC1.CCOCCOC(=O)N(CC(=O)N1CCNCC1)CC(=O)N1CCNCC1.O=C(CNCC(=O)N1CCCCC1)N1CCCCC1. The number of nitrogens with one attached hydrogen (secondary N) is 4. The Labute approximate surface area is 897 Å². The lowest BCUT2D eigenvalue weighted by atomic mass is 9.84. The molecule has 0 unspecified atom stereocenters. The third kappa shape index (κ3) is 56.6. The van der Waals surface area contributed by atoms with Gasteiger partial charge in [-0.05, 0) is 169 Å². The van der Waals surface area contributed by atoms with E-state index >= 15 is 0 Å². The number of hydrogen-bond donors (Lipinski definition) is 5. The molecule has 11 aliphatic heterocycles. The van der Waals surface area contributed by atoms with Crippen LogP contribution in [0.1, 0.15) is 197 Å². The van der Waals surface area contributed by atoms with Crippen LogP contribution in [0.2, 0.25) is 6.82 Å². The van der Waals surface area contributed by atoms with Crippen molar-refractivity contribution in [1.82, 2.24) is 99.6 Å². The molecule has 0 aromatic rings. The molecule has 0 spiro atoms. The topological polar surface area (TPSA) is 432 Å². The van der Waals surface area contributed by atoms with Gasteiger partial charge < -0.3 is 113 Å². The number of hydrogen-bond acceptors (Lipinski definition) is 27. The maximum atomic E-state index is 12.9. The van der Waals surface area contributed by atoms with Gasteiger partial charge in [-0.2, -0.15) is 0 Å². The zero-order valence-electron chi connectivity index (χ0n) is 88.7. The van der Waals surface area contributed by atoms with Crippen LogP contribution in [0.5, 0.6) is 0 Å². The first kappa shape index (κ1) is 135. The summed E-state index contributed by atoms with van der Waals surface area (Å²) in [4.78, 5) is 212. The molecule has 0 bridgehead atoms. The van der Waals surface area contributed by atoms with Crippen LogP contribution in [0.15, 0.2) is 0 Å². The van der Waals surface area contributed by atoms with Gasteiger partial charge >= 0.3 is 25.3 Å². The van der Waals surface area contributed by atoms with Gasteiger partial charge in [0.05, 0.1) is 56.7 Å². The van der Waals surface area contributed by atoms with Crippen molar-refractivity contribution in [1.29, 1.82) is 0 Å². The first-order chi connectivity index (χ1) is 68.9. The van der Waals surface area contributed by atoms with Crippen LogP contribution in [-0.4, -0.2) is 511 Å². The summed E-state index contributed by atoms with van der Waals surface area (Å²) in [7, 11) is -0.789. The van der Waals surface area contributed by atoms with Crippen LogP contribution in [0.25, 0.3) is 0 Å². The molecule has 15 amide bonds. The van der Waals surface area contributed by atoms with E-state index in [0.29, 0.717) is 144 Å². The molecule has 0 aromatic heterocycles. The number of ether oxygens (including phenoxy) is 6. The molecule has 0 saturated carbocycles. The largest absolute Gasteiger partial charge is 0.447 e. The Morgan fingerprint density at radius 1 is 0.264 bits per heavy atom. The van der Waals surface area contributed by atoms with Crippen LogP contribution < -0.4 is 21.3 Å². The summed E-state index contributed by atoms with van der Waals surface area (Å²) in [6.07, 6.45) is 21.8. The van der Waals surface area contributed by atoms with E-state index in [0.717, 1.165) is 173 Å². The number of carbonyl (C=O) groups is 15. The lowest BCUT2D eigenvalue weighted by Gasteiger charge is -2.36. The predicted molar refractivity (Wildman–Crippen MR) is 573 cm³/mol. The molecule has 0 aromatic carbocycles. The van der Waals surface area contributed by atoms with Crippen LogP contribution >= 0.6 is 65.8 Å². The van der Waals surface area contributed by atoms with Crippen molar-refractivity contribution in [3.63, 3.8) is 0 Å². The van der Waals surface area contributed by atoms with E-state index in [1.54, 1.807) is 50.8 Å². The molecular formula is C97H181BBr4N20O22. The molecule has 42 nitrogen and oxygen atoms in total. The summed E-state index contributed by atoms with van der Waals surface area (Å²) >= 11 is 6.29. The first-order valence-electron chi connectivity index (χ1n) is 53.1. The minimum absolute atomic E-state index is 0. The Bertz CT molecular complexity index is 3270. The van der Waals surface area contributed by atoms with E-state index in [1.807, 2.05) is 81.9 Å². The molecule has 5 N–H and O–H groups in total. The molecule has 47 heteroatoms. The number of amides is 15. The molecule has 11 rings (SSSR count). The molecule has 832 valence electrons. The van der Waals surface area contributed by atoms with E-state index < -0.39 is 25.3 Å². The number of piperidine rings is 7. The van der Waals surface area contributed by atoms with Crippen molar-refractivity contribution in [3.05, 3.63) is 0 Å². The summed E-state index contributed by atoms with van der Waals surface area (Å²) in [5, 5.41) is 23.0. The van der Waals surface area contributed by atoms with E-state index in [1.165, 1.54) is 67.8 Å². The number of alkyl halides is 2. The number of halogens is 4. The summed E-state index contributed by atoms with van der Waals surface area (Å²) in [5.74, 6) is -1.02. The fourth-order valence-corrected chi connectivity index (χ4v) is 17.6. The van der Waals surface area contributed by atoms with E-state index in [9.17, 15) is 76.9 Å². The van der Waals surface area contributed by atoms with Crippen LogP contribution in [0.3, 0.4) is 0 Å². The number of piperazine rings is 4. The standard InChI is InChI=1S/C21H33Br2N5O7.C19H33N3O5.C17H31N5O5.C15H28BN3O3.C14H25N3O2.C5H11N.3C2H6.2BrH/c1-2-34-11-12-35-21(33)28(15-19(31)26-7-3-24(4-8-26)17(29)13-22)16-20(32)27-9-5-25(6-10-27)18(30)14-23;1-2-26-13-14-27-19(25)22(15-17(23)20-9-5-3-6-10-20)16-18(24)21-11-7-4-8-12-21;1-2-26-11-12-27-17(25)22(13-15(23)20-7-3-18-4-8-20)14-16(24)21-9-5-19-6-10-21;1-16(22)19(12-14(20)17-8-4-2-5-9-17)13-15(21)18-10-6-3-7-11-18;18-13(16-7-3-1-4-8-16)11-15-12-14(19)17-9-5-2-6-10-17;1-2-4-6-5-3-1;3*1-2;;/h2-16H2,1H3;2-16H2,1H3;18-19H,2-14H2,1H3;22H,2-13H2,1H3;15H,1-12H2;6H,1-5H2;3*1-2H3;2*1H. The van der Waals surface area contributed by atoms with Crippen LogP contribution in [-0.2, 0) is 86.0 Å². The summed E-state index contributed by atoms with van der Waals surface area (Å²) in [6.45, 7) is 41.7. The summed E-state index contributed by atoms with van der Waals surface area (Å²) < 4.78 is 31.1. The van der Waals surface area contributed by atoms with Gasteiger partial charge in [-0.15, -0.1) is 34.0 Å². The maximum absolute atomic E-state index is 12.9. The van der Waals surface area contributed by atoms with Gasteiger partial charge in [-0.1, -0.05) is 79.8 Å². The zero-order valence-corrected chi connectivity index (χ0v) is 95.3. The fraction of sp³-hybridized carbons (Fsp3) is 0.845. The second-order valence-corrected chi connectivity index (χ2v) is 36.3. The number of nitrogens with zero attached hydrogens (tertiary/aromatic N) is 16. The van der Waals surface area contributed by atoms with Gasteiger partial charge in [0.15, 0.2) is 0 Å². The van der Waals surface area contributed by atoms with Crippen molar-refractivity contribution >= 4 is 162 Å². The predicted octanol–water partition coefficient (Wildman–Crippen LogP) is 5.42. The van der Waals surface area contributed by atoms with Gasteiger partial charge in [0.1, 0.15) is 59.1 Å². The molecule has 0 aliphatic carbocycles. The number of rotatable bonds is 35. The van der Waals surface area contributed by atoms with Gasteiger partial charge in [0.25, 0.3) is 0 Å². The van der Waals surface area contributed by atoms with Crippen molar-refractivity contribution in [2.75, 3.05) is 332 Å². The van der Waals surface area contributed by atoms with Gasteiger partial charge in [0.2, 0.25) is 70.9 Å². The molecule has 11 heterocycles. The molecule has 0 atom stereocenters. The van der Waals surface area contributed by atoms with Crippen LogP contribution in [0, 0.1) is 0 Å². The van der Waals surface area contributed by atoms with Crippen molar-refractivity contribution in [2.45, 2.75) is 204 Å². The molecule has 11 aliphatic rings. The molecule has 11 saturated heterocycles. The van der Waals surface area contributed by atoms with Gasteiger partial charge in [0, 0.05) is 203 Å². The molecule has 144 heavy (non-hydrogen) atoms. The minimum Gasteiger partial charge on any atom is -0.447 e. The minimum atomic E-state index is -0.789. The van der Waals surface area contributed by atoms with Crippen molar-refractivity contribution in [2.24, 2.45) is 0 Å². The Morgan fingerprint density at radius 3 is 0.646 bits per heavy atom. The number of likely N-dealkylation sites (tertiary alicyclic amines) is 6. The first-order valence-corrected chi connectivity index (χ1v) is 55.3. The van der Waals surface area contributed by atoms with Gasteiger partial charge in [-0.3, -0.25) is 77.6 Å². The highest BCUT2D eigenvalue weighted by molar-refractivity contribution is 9.09. The van der Waals surface area contributed by atoms with Crippen molar-refractivity contribution in [3.8, 4) is 0 Å². The smallest absolute Gasteiger partial charge is 0.410 e. The Hall–Kier alpha value is -6.93. The molecule has 11 fully saturated rings. The Morgan fingerprint density at radius 2 is 0.451 bits per heavy atom. The molecule has 0 radical (unpaired) electrons. The number of carbonyl (C=O) groups excluding carboxylic acids is 15. The second-order valence-electron chi connectivity index (χ2n) is 35.2. The van der Waals surface area contributed by atoms with E-state index in [4.69, 9.17) is 28.4 Å². The average Bonchev–Trinajstić information content (AvgIpc) is 0.832. The molecular weight excluding hydrogens is 2130 g/mol. The highest BCUT2D eigenvalue weighted by atomic mass is 79.9.